The topological polar surface area (TPSA) is 69.7 Å². The molecule has 0 spiro atoms. The SMILES string of the molecule is Cc1cc(C)c(C(=O)[P+](=O)c2ccccc2C(=O)c2ccccc2C(Oc2ccccc2)Oc2ccccc2)c(C)c1. The number of carbonyl (C=O) groups excluding carboxylic acids is 2. The normalized spacial score (nSPS) is 11.2. The molecule has 5 nitrogen and oxygen atoms in total. The third-order valence-electron chi connectivity index (χ3n) is 6.87. The Morgan fingerprint density at radius 1 is 0.619 bits per heavy atom. The van der Waals surface area contributed by atoms with Gasteiger partial charge in [0.05, 0.1) is 11.1 Å². The van der Waals surface area contributed by atoms with Crippen LogP contribution >= 0.6 is 7.80 Å². The summed E-state index contributed by atoms with van der Waals surface area (Å²) in [7, 11) is -2.58. The fourth-order valence-electron chi connectivity index (χ4n) is 5.02. The summed E-state index contributed by atoms with van der Waals surface area (Å²) in [5.41, 5.74) is 3.48. The van der Waals surface area contributed by atoms with Gasteiger partial charge in [0.1, 0.15) is 11.5 Å². The average molecular weight is 574 g/mol. The van der Waals surface area contributed by atoms with E-state index in [0.717, 1.165) is 16.7 Å². The Kier molecular flexibility index (Phi) is 8.71. The minimum absolute atomic E-state index is 0.194. The molecular formula is C36H30O5P+. The lowest BCUT2D eigenvalue weighted by atomic mass is 9.98. The van der Waals surface area contributed by atoms with E-state index < -0.39 is 19.6 Å². The van der Waals surface area contributed by atoms with Crippen molar-refractivity contribution in [2.75, 3.05) is 0 Å². The van der Waals surface area contributed by atoms with Crippen molar-refractivity contribution in [2.24, 2.45) is 0 Å². The van der Waals surface area contributed by atoms with Crippen molar-refractivity contribution >= 4 is 24.4 Å². The fraction of sp³-hybridized carbons (Fsp3) is 0.111. The van der Waals surface area contributed by atoms with Crippen molar-refractivity contribution in [1.82, 2.24) is 0 Å². The van der Waals surface area contributed by atoms with E-state index >= 15 is 0 Å². The van der Waals surface area contributed by atoms with Crippen molar-refractivity contribution in [3.8, 4) is 11.5 Å². The Balaban J connectivity index is 1.54. The van der Waals surface area contributed by atoms with E-state index in [1.54, 1.807) is 48.5 Å². The number of rotatable bonds is 10. The van der Waals surface area contributed by atoms with E-state index in [0.29, 0.717) is 28.2 Å². The van der Waals surface area contributed by atoms with Gasteiger partial charge in [0, 0.05) is 11.1 Å². The quantitative estimate of drug-likeness (QED) is 0.0955. The van der Waals surface area contributed by atoms with Gasteiger partial charge in [-0.15, -0.1) is 0 Å². The third-order valence-corrected chi connectivity index (χ3v) is 8.29. The third kappa shape index (κ3) is 6.22. The summed E-state index contributed by atoms with van der Waals surface area (Å²) in [6, 6.07) is 35.8. The lowest BCUT2D eigenvalue weighted by molar-refractivity contribution is 0.00324. The summed E-state index contributed by atoms with van der Waals surface area (Å²) < 4.78 is 26.3. The average Bonchev–Trinajstić information content (AvgIpc) is 3.00. The van der Waals surface area contributed by atoms with E-state index in [4.69, 9.17) is 9.47 Å². The minimum Gasteiger partial charge on any atom is -0.451 e. The summed E-state index contributed by atoms with van der Waals surface area (Å²) in [4.78, 5) is 27.7. The summed E-state index contributed by atoms with van der Waals surface area (Å²) in [5.74, 6) is 0.755. The van der Waals surface area contributed by atoms with Gasteiger partial charge in [0.2, 0.25) is 5.30 Å². The van der Waals surface area contributed by atoms with Crippen LogP contribution in [0.3, 0.4) is 0 Å². The van der Waals surface area contributed by atoms with Crippen LogP contribution in [0.25, 0.3) is 0 Å². The van der Waals surface area contributed by atoms with Crippen molar-refractivity contribution < 1.29 is 23.6 Å². The predicted molar refractivity (Wildman–Crippen MR) is 165 cm³/mol. The monoisotopic (exact) mass is 573 g/mol. The molecule has 0 heterocycles. The number of benzene rings is 5. The molecule has 0 amide bonds. The first-order valence-electron chi connectivity index (χ1n) is 13.6. The molecule has 42 heavy (non-hydrogen) atoms. The molecule has 0 N–H and O–H groups in total. The maximum Gasteiger partial charge on any atom is 0.459 e. The van der Waals surface area contributed by atoms with E-state index in [1.807, 2.05) is 93.6 Å². The van der Waals surface area contributed by atoms with Gasteiger partial charge in [-0.25, -0.2) is 4.79 Å². The lowest BCUT2D eigenvalue weighted by Crippen LogP contribution is -2.21. The predicted octanol–water partition coefficient (Wildman–Crippen LogP) is 8.29. The van der Waals surface area contributed by atoms with E-state index in [1.165, 1.54) is 0 Å². The van der Waals surface area contributed by atoms with E-state index in [-0.39, 0.29) is 16.7 Å². The maximum atomic E-state index is 14.2. The van der Waals surface area contributed by atoms with Gasteiger partial charge >= 0.3 is 13.3 Å². The molecule has 0 bridgehead atoms. The summed E-state index contributed by atoms with van der Waals surface area (Å²) in [6.45, 7) is 5.63. The highest BCUT2D eigenvalue weighted by Gasteiger charge is 2.39. The number of carbonyl (C=O) groups is 2. The first-order chi connectivity index (χ1) is 20.3. The summed E-state index contributed by atoms with van der Waals surface area (Å²) >= 11 is 0. The number of hydrogen-bond donors (Lipinski definition) is 0. The Bertz CT molecular complexity index is 1700. The Hall–Kier alpha value is -4.86. The molecule has 0 saturated heterocycles. The second kappa shape index (κ2) is 12.8. The molecule has 0 aliphatic carbocycles. The zero-order chi connectivity index (χ0) is 29.6. The highest BCUT2D eigenvalue weighted by atomic mass is 31.1. The highest BCUT2D eigenvalue weighted by Crippen LogP contribution is 2.34. The van der Waals surface area contributed by atoms with Gasteiger partial charge < -0.3 is 9.47 Å². The number of hydrogen-bond acceptors (Lipinski definition) is 5. The van der Waals surface area contributed by atoms with E-state index in [2.05, 4.69) is 0 Å². The second-order valence-electron chi connectivity index (χ2n) is 10.0. The van der Waals surface area contributed by atoms with Crippen LogP contribution in [0.1, 0.15) is 54.8 Å². The van der Waals surface area contributed by atoms with Gasteiger partial charge in [-0.3, -0.25) is 4.79 Å². The van der Waals surface area contributed by atoms with E-state index in [9.17, 15) is 14.2 Å². The van der Waals surface area contributed by atoms with Crippen LogP contribution in [0.4, 0.5) is 0 Å². The molecule has 0 aromatic heterocycles. The minimum atomic E-state index is -2.58. The van der Waals surface area contributed by atoms with Gasteiger partial charge in [-0.1, -0.05) is 95.1 Å². The Morgan fingerprint density at radius 2 is 1.10 bits per heavy atom. The zero-order valence-corrected chi connectivity index (χ0v) is 24.5. The van der Waals surface area contributed by atoms with Crippen molar-refractivity contribution in [3.05, 3.63) is 160 Å². The first-order valence-corrected chi connectivity index (χ1v) is 14.8. The smallest absolute Gasteiger partial charge is 0.451 e. The molecule has 0 saturated carbocycles. The lowest BCUT2D eigenvalue weighted by Gasteiger charge is -2.23. The molecule has 0 aliphatic heterocycles. The molecule has 5 aromatic rings. The molecule has 1 unspecified atom stereocenters. The molecule has 1 atom stereocenters. The Morgan fingerprint density at radius 3 is 1.67 bits per heavy atom. The Labute approximate surface area is 246 Å². The second-order valence-corrected chi connectivity index (χ2v) is 11.5. The van der Waals surface area contributed by atoms with Crippen LogP contribution in [-0.4, -0.2) is 11.3 Å². The molecule has 5 rings (SSSR count). The number of para-hydroxylation sites is 2. The van der Waals surface area contributed by atoms with Gasteiger partial charge in [0.25, 0.3) is 6.29 Å². The summed E-state index contributed by atoms with van der Waals surface area (Å²) in [5, 5.41) is 0.196. The fourth-order valence-corrected chi connectivity index (χ4v) is 6.41. The van der Waals surface area contributed by atoms with Crippen LogP contribution in [0.15, 0.2) is 121 Å². The molecule has 5 aromatic carbocycles. The molecule has 6 heteroatoms. The van der Waals surface area contributed by atoms with Crippen molar-refractivity contribution in [2.45, 2.75) is 27.1 Å². The first kappa shape index (κ1) is 28.7. The van der Waals surface area contributed by atoms with Crippen LogP contribution in [0.2, 0.25) is 0 Å². The van der Waals surface area contributed by atoms with Crippen LogP contribution < -0.4 is 14.8 Å². The van der Waals surface area contributed by atoms with Gasteiger partial charge in [-0.2, -0.15) is 0 Å². The molecule has 0 aliphatic rings. The molecule has 208 valence electrons. The van der Waals surface area contributed by atoms with Crippen LogP contribution in [0.5, 0.6) is 11.5 Å². The standard InChI is InChI=1S/C36H30O5P/c1-24-22-25(2)33(26(3)23-24)35(38)42(39)32-21-13-12-20-31(32)34(37)29-18-10-11-19-30(29)36(40-27-14-6-4-7-15-27)41-28-16-8-5-9-17-28/h4-23,36H,1-3H3/q+1. The largest absolute Gasteiger partial charge is 0.459 e. The maximum absolute atomic E-state index is 14.2. The van der Waals surface area contributed by atoms with Crippen molar-refractivity contribution in [3.63, 3.8) is 0 Å². The zero-order valence-electron chi connectivity index (χ0n) is 23.6. The van der Waals surface area contributed by atoms with Gasteiger partial charge in [-0.05, 0) is 68.3 Å². The highest BCUT2D eigenvalue weighted by molar-refractivity contribution is 7.71. The summed E-state index contributed by atoms with van der Waals surface area (Å²) in [6.07, 6.45) is -0.963. The number of ether oxygens (including phenoxy) is 2. The number of aryl methyl sites for hydroxylation is 3. The van der Waals surface area contributed by atoms with Crippen LogP contribution in [-0.2, 0) is 4.57 Å². The van der Waals surface area contributed by atoms with Crippen LogP contribution in [0, 0.1) is 20.8 Å². The molecular weight excluding hydrogens is 543 g/mol. The molecule has 0 fully saturated rings. The van der Waals surface area contributed by atoms with Crippen molar-refractivity contribution in [1.29, 1.82) is 0 Å². The molecule has 0 radical (unpaired) electrons. The number of ketones is 1. The van der Waals surface area contributed by atoms with Gasteiger partial charge in [0.15, 0.2) is 5.78 Å².